The monoisotopic (exact) mass is 371 g/mol. The lowest BCUT2D eigenvalue weighted by atomic mass is 9.96. The first-order valence-electron chi connectivity index (χ1n) is 10.1. The molecule has 0 radical (unpaired) electrons. The average Bonchev–Trinajstić information content (AvgIpc) is 2.91. The van der Waals surface area contributed by atoms with Gasteiger partial charge in [-0.2, -0.15) is 17.0 Å². The number of carbonyl (C=O) groups is 1. The standard InChI is InChI=1S/C18H33N3O3S/c22-18(19-17-8-4-1-2-5-9-17)16-10-14-21(15-11-16)25(23,24)20-12-6-3-7-13-20/h16-17H,1-15H2,(H,19,22). The molecule has 0 unspecified atom stereocenters. The Bertz CT molecular complexity index is 530. The molecule has 6 nitrogen and oxygen atoms in total. The van der Waals surface area contributed by atoms with Crippen LogP contribution in [0.15, 0.2) is 0 Å². The minimum atomic E-state index is -3.33. The highest BCUT2D eigenvalue weighted by atomic mass is 32.2. The number of nitrogens with one attached hydrogen (secondary N) is 1. The molecule has 3 rings (SSSR count). The van der Waals surface area contributed by atoms with Gasteiger partial charge >= 0.3 is 0 Å². The van der Waals surface area contributed by atoms with E-state index >= 15 is 0 Å². The molecule has 2 saturated heterocycles. The van der Waals surface area contributed by atoms with Crippen molar-refractivity contribution in [2.24, 2.45) is 5.92 Å². The molecule has 0 bridgehead atoms. The Morgan fingerprint density at radius 2 is 1.24 bits per heavy atom. The molecule has 1 aliphatic carbocycles. The van der Waals surface area contributed by atoms with E-state index in [0.717, 1.165) is 32.1 Å². The highest BCUT2D eigenvalue weighted by Gasteiger charge is 2.35. The van der Waals surface area contributed by atoms with Crippen molar-refractivity contribution >= 4 is 16.1 Å². The van der Waals surface area contributed by atoms with Gasteiger partial charge in [-0.05, 0) is 38.5 Å². The number of nitrogens with zero attached hydrogens (tertiary/aromatic N) is 2. The van der Waals surface area contributed by atoms with E-state index in [0.29, 0.717) is 45.1 Å². The minimum absolute atomic E-state index is 0.0314. The molecule has 144 valence electrons. The van der Waals surface area contributed by atoms with Gasteiger partial charge in [0, 0.05) is 38.1 Å². The number of piperidine rings is 2. The summed E-state index contributed by atoms with van der Waals surface area (Å²) in [6.45, 7) is 2.23. The Kier molecular flexibility index (Phi) is 6.74. The SMILES string of the molecule is O=C(NC1CCCCCC1)C1CCN(S(=O)(=O)N2CCCCC2)CC1. The van der Waals surface area contributed by atoms with Crippen LogP contribution in [-0.2, 0) is 15.0 Å². The van der Waals surface area contributed by atoms with Gasteiger partial charge in [0.15, 0.2) is 0 Å². The van der Waals surface area contributed by atoms with Crippen molar-refractivity contribution in [3.63, 3.8) is 0 Å². The molecule has 3 aliphatic rings. The van der Waals surface area contributed by atoms with Crippen molar-refractivity contribution in [2.75, 3.05) is 26.2 Å². The fraction of sp³-hybridized carbons (Fsp3) is 0.944. The Morgan fingerprint density at radius 3 is 1.84 bits per heavy atom. The number of carbonyl (C=O) groups excluding carboxylic acids is 1. The molecule has 0 aromatic carbocycles. The Morgan fingerprint density at radius 1 is 0.720 bits per heavy atom. The third-order valence-corrected chi connectivity index (χ3v) is 8.03. The van der Waals surface area contributed by atoms with E-state index in [-0.39, 0.29) is 11.8 Å². The van der Waals surface area contributed by atoms with Gasteiger partial charge in [0.25, 0.3) is 10.2 Å². The fourth-order valence-corrected chi connectivity index (χ4v) is 6.07. The smallest absolute Gasteiger partial charge is 0.281 e. The van der Waals surface area contributed by atoms with Gasteiger partial charge in [0.1, 0.15) is 0 Å². The molecule has 0 aromatic heterocycles. The lowest BCUT2D eigenvalue weighted by Crippen LogP contribution is -2.50. The highest BCUT2D eigenvalue weighted by molar-refractivity contribution is 7.86. The van der Waals surface area contributed by atoms with Gasteiger partial charge in [0.05, 0.1) is 0 Å². The van der Waals surface area contributed by atoms with Crippen LogP contribution in [0.25, 0.3) is 0 Å². The van der Waals surface area contributed by atoms with E-state index in [4.69, 9.17) is 0 Å². The fourth-order valence-electron chi connectivity index (χ4n) is 4.35. The average molecular weight is 372 g/mol. The molecule has 2 heterocycles. The first-order valence-corrected chi connectivity index (χ1v) is 11.5. The Balaban J connectivity index is 1.48. The van der Waals surface area contributed by atoms with Gasteiger partial charge in [-0.25, -0.2) is 0 Å². The Hall–Kier alpha value is -0.660. The zero-order chi connectivity index (χ0) is 17.7. The molecule has 7 heteroatoms. The predicted octanol–water partition coefficient (Wildman–Crippen LogP) is 2.27. The first kappa shape index (κ1) is 19.1. The second kappa shape index (κ2) is 8.82. The van der Waals surface area contributed by atoms with Crippen molar-refractivity contribution in [1.29, 1.82) is 0 Å². The maximum absolute atomic E-state index is 12.7. The van der Waals surface area contributed by atoms with Gasteiger partial charge in [0.2, 0.25) is 5.91 Å². The number of hydrogen-bond acceptors (Lipinski definition) is 3. The van der Waals surface area contributed by atoms with Gasteiger partial charge < -0.3 is 5.32 Å². The zero-order valence-electron chi connectivity index (χ0n) is 15.3. The van der Waals surface area contributed by atoms with Crippen LogP contribution in [0.2, 0.25) is 0 Å². The summed E-state index contributed by atoms with van der Waals surface area (Å²) in [5.74, 6) is 0.109. The normalized spacial score (nSPS) is 26.2. The van der Waals surface area contributed by atoms with E-state index in [1.807, 2.05) is 0 Å². The topological polar surface area (TPSA) is 69.7 Å². The van der Waals surface area contributed by atoms with Crippen molar-refractivity contribution < 1.29 is 13.2 Å². The van der Waals surface area contributed by atoms with Gasteiger partial charge in [-0.1, -0.05) is 32.1 Å². The van der Waals surface area contributed by atoms with Crippen LogP contribution in [0, 0.1) is 5.92 Å². The van der Waals surface area contributed by atoms with Gasteiger partial charge in [-0.15, -0.1) is 0 Å². The van der Waals surface area contributed by atoms with E-state index in [1.54, 1.807) is 8.61 Å². The molecule has 1 saturated carbocycles. The van der Waals surface area contributed by atoms with Crippen molar-refractivity contribution in [3.05, 3.63) is 0 Å². The molecule has 0 spiro atoms. The molecule has 3 fully saturated rings. The van der Waals surface area contributed by atoms with Crippen LogP contribution in [0.4, 0.5) is 0 Å². The summed E-state index contributed by atoms with van der Waals surface area (Å²) in [4.78, 5) is 12.5. The molecule has 1 amide bonds. The van der Waals surface area contributed by atoms with E-state index < -0.39 is 10.2 Å². The molecule has 0 aromatic rings. The number of amides is 1. The maximum Gasteiger partial charge on any atom is 0.281 e. The molecular weight excluding hydrogens is 338 g/mol. The van der Waals surface area contributed by atoms with E-state index in [1.165, 1.54) is 25.7 Å². The van der Waals surface area contributed by atoms with Crippen LogP contribution in [-0.4, -0.2) is 55.2 Å². The first-order chi connectivity index (χ1) is 12.1. The molecule has 0 atom stereocenters. The van der Waals surface area contributed by atoms with Crippen molar-refractivity contribution in [1.82, 2.24) is 13.9 Å². The largest absolute Gasteiger partial charge is 0.353 e. The predicted molar refractivity (Wildman–Crippen MR) is 98.3 cm³/mol. The molecule has 25 heavy (non-hydrogen) atoms. The summed E-state index contributed by atoms with van der Waals surface area (Å²) in [6.07, 6.45) is 11.5. The van der Waals surface area contributed by atoms with Gasteiger partial charge in [-0.3, -0.25) is 4.79 Å². The van der Waals surface area contributed by atoms with Crippen LogP contribution < -0.4 is 5.32 Å². The van der Waals surface area contributed by atoms with E-state index in [9.17, 15) is 13.2 Å². The van der Waals surface area contributed by atoms with Crippen LogP contribution in [0.3, 0.4) is 0 Å². The second-order valence-electron chi connectivity index (χ2n) is 7.84. The maximum atomic E-state index is 12.7. The zero-order valence-corrected chi connectivity index (χ0v) is 16.1. The summed E-state index contributed by atoms with van der Waals surface area (Å²) < 4.78 is 28.7. The van der Waals surface area contributed by atoms with Crippen LogP contribution in [0.1, 0.15) is 70.6 Å². The lowest BCUT2D eigenvalue weighted by molar-refractivity contribution is -0.126. The number of rotatable bonds is 4. The quantitative estimate of drug-likeness (QED) is 0.771. The van der Waals surface area contributed by atoms with Crippen LogP contribution in [0.5, 0.6) is 0 Å². The summed E-state index contributed by atoms with van der Waals surface area (Å²) in [6, 6.07) is 0.324. The molecule has 1 N–H and O–H groups in total. The number of hydrogen-bond donors (Lipinski definition) is 1. The van der Waals surface area contributed by atoms with E-state index in [2.05, 4.69) is 5.32 Å². The summed E-state index contributed by atoms with van der Waals surface area (Å²) in [5.41, 5.74) is 0. The Labute approximate surface area is 152 Å². The second-order valence-corrected chi connectivity index (χ2v) is 9.77. The highest BCUT2D eigenvalue weighted by Crippen LogP contribution is 2.24. The lowest BCUT2D eigenvalue weighted by Gasteiger charge is -2.36. The third-order valence-electron chi connectivity index (χ3n) is 5.99. The summed E-state index contributed by atoms with van der Waals surface area (Å²) in [7, 11) is -3.33. The van der Waals surface area contributed by atoms with Crippen molar-refractivity contribution in [2.45, 2.75) is 76.7 Å². The molecular formula is C18H33N3O3S. The summed E-state index contributed by atoms with van der Waals surface area (Å²) in [5, 5.41) is 3.23. The molecule has 2 aliphatic heterocycles. The minimum Gasteiger partial charge on any atom is -0.353 e. The van der Waals surface area contributed by atoms with Crippen molar-refractivity contribution in [3.8, 4) is 0 Å². The van der Waals surface area contributed by atoms with Crippen LogP contribution >= 0.6 is 0 Å². The summed E-state index contributed by atoms with van der Waals surface area (Å²) >= 11 is 0. The third kappa shape index (κ3) is 4.95.